The van der Waals surface area contributed by atoms with E-state index in [1.165, 1.54) is 6.07 Å². The van der Waals surface area contributed by atoms with Gasteiger partial charge in [-0.1, -0.05) is 41.9 Å². The number of hydrogen-bond donors (Lipinski definition) is 1. The van der Waals surface area contributed by atoms with Gasteiger partial charge in [0.05, 0.1) is 17.1 Å². The molecule has 1 heterocycles. The first-order valence-electron chi connectivity index (χ1n) is 8.19. The van der Waals surface area contributed by atoms with Crippen LogP contribution in [0.15, 0.2) is 67.0 Å². The number of aromatic nitrogens is 1. The summed E-state index contributed by atoms with van der Waals surface area (Å²) in [5.41, 5.74) is 6.94. The second-order valence-corrected chi connectivity index (χ2v) is 6.43. The molecule has 0 aliphatic heterocycles. The first-order chi connectivity index (χ1) is 13.3. The molecule has 1 aromatic heterocycles. The monoisotopic (exact) mass is 405 g/mol. The van der Waals surface area contributed by atoms with E-state index in [-0.39, 0.29) is 12.2 Å². The highest BCUT2D eigenvalue weighted by Gasteiger charge is 2.34. The summed E-state index contributed by atoms with van der Waals surface area (Å²) < 4.78 is 39.3. The molecule has 0 spiro atoms. The van der Waals surface area contributed by atoms with E-state index in [9.17, 15) is 18.0 Å². The summed E-state index contributed by atoms with van der Waals surface area (Å²) in [5, 5.41) is -0.443. The second kappa shape index (κ2) is 7.90. The summed E-state index contributed by atoms with van der Waals surface area (Å²) in [6, 6.07) is 13.3. The van der Waals surface area contributed by atoms with Gasteiger partial charge in [-0.3, -0.25) is 9.88 Å². The van der Waals surface area contributed by atoms with Gasteiger partial charge >= 0.3 is 12.2 Å². The Kier molecular flexibility index (Phi) is 5.56. The summed E-state index contributed by atoms with van der Waals surface area (Å²) in [6.07, 6.45) is -1.25. The zero-order valence-electron chi connectivity index (χ0n) is 14.4. The third kappa shape index (κ3) is 4.43. The van der Waals surface area contributed by atoms with Gasteiger partial charge in [0.15, 0.2) is 0 Å². The van der Waals surface area contributed by atoms with E-state index in [4.69, 9.17) is 17.3 Å². The zero-order chi connectivity index (χ0) is 20.3. The van der Waals surface area contributed by atoms with E-state index in [1.54, 1.807) is 24.5 Å². The van der Waals surface area contributed by atoms with Gasteiger partial charge < -0.3 is 5.73 Å². The van der Waals surface area contributed by atoms with Gasteiger partial charge in [-0.05, 0) is 41.0 Å². The van der Waals surface area contributed by atoms with Crippen LogP contribution in [0.5, 0.6) is 0 Å². The van der Waals surface area contributed by atoms with E-state index in [0.29, 0.717) is 5.56 Å². The number of pyridine rings is 1. The van der Waals surface area contributed by atoms with Gasteiger partial charge in [0.1, 0.15) is 0 Å². The highest BCUT2D eigenvalue weighted by atomic mass is 35.5. The molecule has 0 fully saturated rings. The molecule has 0 saturated carbocycles. The predicted octanol–water partition coefficient (Wildman–Crippen LogP) is 5.51. The SMILES string of the molecule is NC(=O)N(Cc1ccc(-c2cccnc2)cc1)c1ccc(Cl)c(C(F)(F)F)c1. The fourth-order valence-corrected chi connectivity index (χ4v) is 2.94. The number of alkyl halides is 3. The van der Waals surface area contributed by atoms with Crippen molar-refractivity contribution in [2.75, 3.05) is 4.90 Å². The number of urea groups is 1. The van der Waals surface area contributed by atoms with E-state index < -0.39 is 22.8 Å². The van der Waals surface area contributed by atoms with E-state index >= 15 is 0 Å². The lowest BCUT2D eigenvalue weighted by Gasteiger charge is -2.22. The molecule has 0 aliphatic rings. The molecular weight excluding hydrogens is 391 g/mol. The van der Waals surface area contributed by atoms with Gasteiger partial charge in [-0.2, -0.15) is 13.2 Å². The quantitative estimate of drug-likeness (QED) is 0.622. The van der Waals surface area contributed by atoms with Gasteiger partial charge in [0.2, 0.25) is 0 Å². The Morgan fingerprint density at radius 1 is 1.07 bits per heavy atom. The standard InChI is InChI=1S/C20H15ClF3N3O/c21-18-8-7-16(10-17(18)20(22,23)24)27(19(25)28)12-13-3-5-14(6-4-13)15-2-1-9-26-11-15/h1-11H,12H2,(H2,25,28). The topological polar surface area (TPSA) is 59.2 Å². The van der Waals surface area contributed by atoms with Crippen LogP contribution in [0.1, 0.15) is 11.1 Å². The first-order valence-corrected chi connectivity index (χ1v) is 8.56. The summed E-state index contributed by atoms with van der Waals surface area (Å²) in [5.74, 6) is 0. The number of halogens is 4. The maximum absolute atomic E-state index is 13.1. The van der Waals surface area contributed by atoms with E-state index in [1.807, 2.05) is 24.3 Å². The van der Waals surface area contributed by atoms with Crippen LogP contribution in [0.4, 0.5) is 23.7 Å². The highest BCUT2D eigenvalue weighted by molar-refractivity contribution is 6.31. The number of amides is 2. The molecule has 8 heteroatoms. The van der Waals surface area contributed by atoms with Crippen molar-refractivity contribution in [2.45, 2.75) is 12.7 Å². The largest absolute Gasteiger partial charge is 0.417 e. The lowest BCUT2D eigenvalue weighted by Crippen LogP contribution is -2.35. The predicted molar refractivity (Wildman–Crippen MR) is 102 cm³/mol. The number of carbonyl (C=O) groups excluding carboxylic acids is 1. The average Bonchev–Trinajstić information content (AvgIpc) is 2.67. The Morgan fingerprint density at radius 2 is 1.79 bits per heavy atom. The smallest absolute Gasteiger partial charge is 0.351 e. The van der Waals surface area contributed by atoms with Crippen LogP contribution in [-0.4, -0.2) is 11.0 Å². The van der Waals surface area contributed by atoms with Crippen molar-refractivity contribution in [3.05, 3.63) is 83.1 Å². The molecule has 2 amide bonds. The Bertz CT molecular complexity index is 976. The van der Waals surface area contributed by atoms with Crippen LogP contribution in [-0.2, 0) is 12.7 Å². The van der Waals surface area contributed by atoms with Gasteiger partial charge in [-0.25, -0.2) is 4.79 Å². The van der Waals surface area contributed by atoms with Crippen LogP contribution in [0.25, 0.3) is 11.1 Å². The van der Waals surface area contributed by atoms with E-state index in [0.717, 1.165) is 28.2 Å². The summed E-state index contributed by atoms with van der Waals surface area (Å²) in [4.78, 5) is 17.0. The highest BCUT2D eigenvalue weighted by Crippen LogP contribution is 2.37. The van der Waals surface area contributed by atoms with Gasteiger partial charge in [-0.15, -0.1) is 0 Å². The summed E-state index contributed by atoms with van der Waals surface area (Å²) >= 11 is 5.64. The van der Waals surface area contributed by atoms with E-state index in [2.05, 4.69) is 4.98 Å². The number of rotatable bonds is 4. The number of anilines is 1. The molecule has 4 nitrogen and oxygen atoms in total. The average molecular weight is 406 g/mol. The van der Waals surface area contributed by atoms with Gasteiger partial charge in [0.25, 0.3) is 0 Å². The molecule has 3 aromatic rings. The molecule has 0 atom stereocenters. The number of hydrogen-bond acceptors (Lipinski definition) is 2. The molecular formula is C20H15ClF3N3O. The number of nitrogens with two attached hydrogens (primary N) is 1. The molecule has 2 N–H and O–H groups in total. The minimum atomic E-state index is -4.64. The van der Waals surface area contributed by atoms with Crippen LogP contribution >= 0.6 is 11.6 Å². The number of benzene rings is 2. The van der Waals surface area contributed by atoms with Crippen LogP contribution in [0.2, 0.25) is 5.02 Å². The molecule has 2 aromatic carbocycles. The van der Waals surface area contributed by atoms with Crippen molar-refractivity contribution in [1.29, 1.82) is 0 Å². The Balaban J connectivity index is 1.87. The number of carbonyl (C=O) groups is 1. The molecule has 0 unspecified atom stereocenters. The minimum absolute atomic E-state index is 0.0144. The molecule has 144 valence electrons. The van der Waals surface area contributed by atoms with Crippen molar-refractivity contribution in [1.82, 2.24) is 4.98 Å². The Labute approximate surface area is 164 Å². The number of primary amides is 1. The molecule has 0 aliphatic carbocycles. The lowest BCUT2D eigenvalue weighted by atomic mass is 10.1. The number of nitrogens with zero attached hydrogens (tertiary/aromatic N) is 2. The zero-order valence-corrected chi connectivity index (χ0v) is 15.2. The fourth-order valence-electron chi connectivity index (χ4n) is 2.71. The summed E-state index contributed by atoms with van der Waals surface area (Å²) in [6.45, 7) is 0.0155. The maximum atomic E-state index is 13.1. The molecule has 0 saturated heterocycles. The Morgan fingerprint density at radius 3 is 2.36 bits per heavy atom. The maximum Gasteiger partial charge on any atom is 0.417 e. The summed E-state index contributed by atoms with van der Waals surface area (Å²) in [7, 11) is 0. The van der Waals surface area contributed by atoms with Crippen LogP contribution in [0.3, 0.4) is 0 Å². The normalized spacial score (nSPS) is 11.3. The fraction of sp³-hybridized carbons (Fsp3) is 0.100. The van der Waals surface area contributed by atoms with Crippen molar-refractivity contribution in [3.8, 4) is 11.1 Å². The third-order valence-corrected chi connectivity index (χ3v) is 4.45. The minimum Gasteiger partial charge on any atom is -0.351 e. The molecule has 0 bridgehead atoms. The lowest BCUT2D eigenvalue weighted by molar-refractivity contribution is -0.137. The second-order valence-electron chi connectivity index (χ2n) is 6.02. The van der Waals surface area contributed by atoms with Gasteiger partial charge in [0, 0.05) is 18.1 Å². The van der Waals surface area contributed by atoms with Crippen molar-refractivity contribution in [2.24, 2.45) is 5.73 Å². The van der Waals surface area contributed by atoms with Crippen molar-refractivity contribution in [3.63, 3.8) is 0 Å². The van der Waals surface area contributed by atoms with Crippen LogP contribution in [0, 0.1) is 0 Å². The first kappa shape index (κ1) is 19.7. The van der Waals surface area contributed by atoms with Crippen molar-refractivity contribution < 1.29 is 18.0 Å². The molecule has 0 radical (unpaired) electrons. The molecule has 3 rings (SSSR count). The van der Waals surface area contributed by atoms with Crippen LogP contribution < -0.4 is 10.6 Å². The molecule has 28 heavy (non-hydrogen) atoms. The third-order valence-electron chi connectivity index (χ3n) is 4.12. The van der Waals surface area contributed by atoms with Crippen molar-refractivity contribution >= 4 is 23.3 Å². The Hall–Kier alpha value is -3.06.